The maximum absolute atomic E-state index is 2.42. The van der Waals surface area contributed by atoms with Gasteiger partial charge in [0.25, 0.3) is 0 Å². The number of allylic oxidation sites excluding steroid dienone is 1. The summed E-state index contributed by atoms with van der Waals surface area (Å²) in [5.41, 5.74) is 0. The molecular formula is C10H19N. The molecule has 0 amide bonds. The Hall–Kier alpha value is -0.300. The van der Waals surface area contributed by atoms with E-state index in [0.29, 0.717) is 0 Å². The van der Waals surface area contributed by atoms with Gasteiger partial charge in [0.05, 0.1) is 0 Å². The Kier molecular flexibility index (Phi) is 3.64. The van der Waals surface area contributed by atoms with Crippen LogP contribution in [0.1, 0.15) is 26.2 Å². The highest BCUT2D eigenvalue weighted by Crippen LogP contribution is 2.15. The first-order chi connectivity index (χ1) is 5.33. The molecule has 0 radical (unpaired) electrons. The Morgan fingerprint density at radius 1 is 1.55 bits per heavy atom. The first kappa shape index (κ1) is 8.79. The van der Waals surface area contributed by atoms with Crippen molar-refractivity contribution in [2.75, 3.05) is 20.1 Å². The second kappa shape index (κ2) is 4.55. The standard InChI is InChI=1S/C10H19N/c1-3-4-6-10-7-5-8-11(2)9-10/h4,6,10H,3,5,7-9H2,1-2H3/b6-4+. The van der Waals surface area contributed by atoms with E-state index in [1.165, 1.54) is 32.4 Å². The lowest BCUT2D eigenvalue weighted by molar-refractivity contribution is 0.237. The molecule has 0 aliphatic carbocycles. The molecule has 1 unspecified atom stereocenters. The third kappa shape index (κ3) is 3.06. The van der Waals surface area contributed by atoms with Crippen molar-refractivity contribution in [3.8, 4) is 0 Å². The number of nitrogens with zero attached hydrogens (tertiary/aromatic N) is 1. The fourth-order valence-electron chi connectivity index (χ4n) is 1.69. The van der Waals surface area contributed by atoms with Gasteiger partial charge in [-0.1, -0.05) is 19.1 Å². The summed E-state index contributed by atoms with van der Waals surface area (Å²) < 4.78 is 0. The molecule has 0 aromatic heterocycles. The summed E-state index contributed by atoms with van der Waals surface area (Å²) in [4.78, 5) is 2.42. The zero-order chi connectivity index (χ0) is 8.10. The number of hydrogen-bond acceptors (Lipinski definition) is 1. The summed E-state index contributed by atoms with van der Waals surface area (Å²) in [5, 5.41) is 0. The summed E-state index contributed by atoms with van der Waals surface area (Å²) in [6, 6.07) is 0. The number of hydrogen-bond donors (Lipinski definition) is 0. The molecule has 0 bridgehead atoms. The minimum Gasteiger partial charge on any atom is -0.306 e. The van der Waals surface area contributed by atoms with Crippen molar-refractivity contribution in [1.29, 1.82) is 0 Å². The Labute approximate surface area is 70.1 Å². The summed E-state index contributed by atoms with van der Waals surface area (Å²) >= 11 is 0. The second-order valence-corrected chi connectivity index (χ2v) is 3.50. The fraction of sp³-hybridized carbons (Fsp3) is 0.800. The van der Waals surface area contributed by atoms with Crippen LogP contribution in [0.25, 0.3) is 0 Å². The summed E-state index contributed by atoms with van der Waals surface area (Å²) in [6.07, 6.45) is 8.62. The molecule has 1 aliphatic rings. The summed E-state index contributed by atoms with van der Waals surface area (Å²) in [7, 11) is 2.21. The molecule has 1 rings (SSSR count). The van der Waals surface area contributed by atoms with Crippen molar-refractivity contribution in [2.45, 2.75) is 26.2 Å². The van der Waals surface area contributed by atoms with Crippen LogP contribution in [0, 0.1) is 5.92 Å². The molecule has 1 fully saturated rings. The van der Waals surface area contributed by atoms with Crippen molar-refractivity contribution >= 4 is 0 Å². The van der Waals surface area contributed by atoms with Gasteiger partial charge in [0.15, 0.2) is 0 Å². The first-order valence-electron chi connectivity index (χ1n) is 4.68. The van der Waals surface area contributed by atoms with Gasteiger partial charge in [-0.05, 0) is 38.8 Å². The molecule has 64 valence electrons. The average Bonchev–Trinajstić information content (AvgIpc) is 2.01. The van der Waals surface area contributed by atoms with Crippen LogP contribution >= 0.6 is 0 Å². The van der Waals surface area contributed by atoms with E-state index in [-0.39, 0.29) is 0 Å². The highest BCUT2D eigenvalue weighted by Gasteiger charge is 2.13. The third-order valence-corrected chi connectivity index (χ3v) is 2.30. The normalized spacial score (nSPS) is 28.0. The van der Waals surface area contributed by atoms with Gasteiger partial charge in [-0.25, -0.2) is 0 Å². The minimum atomic E-state index is 0.827. The largest absolute Gasteiger partial charge is 0.306 e. The summed E-state index contributed by atoms with van der Waals surface area (Å²) in [6.45, 7) is 4.75. The van der Waals surface area contributed by atoms with Gasteiger partial charge in [0.2, 0.25) is 0 Å². The highest BCUT2D eigenvalue weighted by atomic mass is 15.1. The summed E-state index contributed by atoms with van der Waals surface area (Å²) in [5.74, 6) is 0.827. The predicted molar refractivity (Wildman–Crippen MR) is 49.7 cm³/mol. The van der Waals surface area contributed by atoms with Gasteiger partial charge in [-0.3, -0.25) is 0 Å². The molecule has 1 nitrogen and oxygen atoms in total. The highest BCUT2D eigenvalue weighted by molar-refractivity contribution is 4.90. The van der Waals surface area contributed by atoms with E-state index < -0.39 is 0 Å². The zero-order valence-corrected chi connectivity index (χ0v) is 7.71. The van der Waals surface area contributed by atoms with E-state index in [9.17, 15) is 0 Å². The fourth-order valence-corrected chi connectivity index (χ4v) is 1.69. The van der Waals surface area contributed by atoms with E-state index in [1.54, 1.807) is 0 Å². The molecule has 0 saturated carbocycles. The lowest BCUT2D eigenvalue weighted by Crippen LogP contribution is -2.30. The van der Waals surface area contributed by atoms with Gasteiger partial charge < -0.3 is 4.90 Å². The van der Waals surface area contributed by atoms with Crippen LogP contribution in [-0.4, -0.2) is 25.0 Å². The average molecular weight is 153 g/mol. The van der Waals surface area contributed by atoms with Crippen LogP contribution < -0.4 is 0 Å². The van der Waals surface area contributed by atoms with Gasteiger partial charge in [-0.2, -0.15) is 0 Å². The molecule has 1 heteroatoms. The topological polar surface area (TPSA) is 3.24 Å². The first-order valence-corrected chi connectivity index (χ1v) is 4.68. The predicted octanol–water partition coefficient (Wildman–Crippen LogP) is 2.29. The van der Waals surface area contributed by atoms with Crippen LogP contribution in [0.3, 0.4) is 0 Å². The molecule has 1 atom stereocenters. The van der Waals surface area contributed by atoms with Crippen molar-refractivity contribution in [3.63, 3.8) is 0 Å². The van der Waals surface area contributed by atoms with Crippen LogP contribution in [-0.2, 0) is 0 Å². The third-order valence-electron chi connectivity index (χ3n) is 2.30. The van der Waals surface area contributed by atoms with E-state index in [2.05, 4.69) is 31.0 Å². The van der Waals surface area contributed by atoms with E-state index in [1.807, 2.05) is 0 Å². The van der Waals surface area contributed by atoms with E-state index in [0.717, 1.165) is 5.92 Å². The molecule has 0 spiro atoms. The molecule has 0 aromatic rings. The molecule has 1 aliphatic heterocycles. The number of rotatable bonds is 2. The molecule has 1 heterocycles. The maximum Gasteiger partial charge on any atom is 0.00413 e. The number of likely N-dealkylation sites (tertiary alicyclic amines) is 1. The van der Waals surface area contributed by atoms with Gasteiger partial charge in [0.1, 0.15) is 0 Å². The molecule has 0 aromatic carbocycles. The SMILES string of the molecule is CC/C=C/C1CCCN(C)C1. The Balaban J connectivity index is 2.28. The van der Waals surface area contributed by atoms with E-state index >= 15 is 0 Å². The van der Waals surface area contributed by atoms with Gasteiger partial charge in [0, 0.05) is 6.54 Å². The van der Waals surface area contributed by atoms with Crippen molar-refractivity contribution < 1.29 is 0 Å². The quantitative estimate of drug-likeness (QED) is 0.550. The zero-order valence-electron chi connectivity index (χ0n) is 7.71. The lowest BCUT2D eigenvalue weighted by atomic mass is 9.98. The van der Waals surface area contributed by atoms with Crippen LogP contribution in [0.4, 0.5) is 0 Å². The second-order valence-electron chi connectivity index (χ2n) is 3.50. The monoisotopic (exact) mass is 153 g/mol. The molecule has 0 N–H and O–H groups in total. The molecule has 1 saturated heterocycles. The van der Waals surface area contributed by atoms with Crippen LogP contribution in [0.15, 0.2) is 12.2 Å². The van der Waals surface area contributed by atoms with Gasteiger partial charge in [-0.15, -0.1) is 0 Å². The minimum absolute atomic E-state index is 0.827. The van der Waals surface area contributed by atoms with Crippen molar-refractivity contribution in [1.82, 2.24) is 4.90 Å². The number of piperidine rings is 1. The Morgan fingerprint density at radius 3 is 3.00 bits per heavy atom. The van der Waals surface area contributed by atoms with Gasteiger partial charge >= 0.3 is 0 Å². The maximum atomic E-state index is 2.42. The Morgan fingerprint density at radius 2 is 2.36 bits per heavy atom. The Bertz CT molecular complexity index is 129. The smallest absolute Gasteiger partial charge is 0.00413 e. The van der Waals surface area contributed by atoms with Crippen LogP contribution in [0.2, 0.25) is 0 Å². The lowest BCUT2D eigenvalue weighted by Gasteiger charge is -2.27. The van der Waals surface area contributed by atoms with Crippen molar-refractivity contribution in [3.05, 3.63) is 12.2 Å². The van der Waals surface area contributed by atoms with E-state index in [4.69, 9.17) is 0 Å². The van der Waals surface area contributed by atoms with Crippen LogP contribution in [0.5, 0.6) is 0 Å². The molecular weight excluding hydrogens is 134 g/mol. The van der Waals surface area contributed by atoms with Crippen molar-refractivity contribution in [2.24, 2.45) is 5.92 Å². The molecule has 11 heavy (non-hydrogen) atoms.